The van der Waals surface area contributed by atoms with Crippen molar-refractivity contribution in [1.29, 1.82) is 0 Å². The van der Waals surface area contributed by atoms with Gasteiger partial charge >= 0.3 is 0 Å². The summed E-state index contributed by atoms with van der Waals surface area (Å²) in [6, 6.07) is 14.9. The first-order valence-electron chi connectivity index (χ1n) is 9.31. The summed E-state index contributed by atoms with van der Waals surface area (Å²) in [5.41, 5.74) is 2.86. The van der Waals surface area contributed by atoms with Crippen LogP contribution in [0.2, 0.25) is 5.02 Å². The van der Waals surface area contributed by atoms with E-state index in [2.05, 4.69) is 15.5 Å². The molecule has 1 unspecified atom stereocenters. The molecule has 0 aliphatic carbocycles. The molecule has 0 aliphatic rings. The third-order valence-corrected chi connectivity index (χ3v) is 5.72. The summed E-state index contributed by atoms with van der Waals surface area (Å²) >= 11 is 7.18. The van der Waals surface area contributed by atoms with Gasteiger partial charge in [0.05, 0.1) is 11.9 Å². The lowest BCUT2D eigenvalue weighted by molar-refractivity contribution is -0.119. The quantitative estimate of drug-likeness (QED) is 0.530. The fraction of sp³-hybridized carbons (Fsp3) is 0.286. The molecule has 0 saturated heterocycles. The summed E-state index contributed by atoms with van der Waals surface area (Å²) in [6.07, 6.45) is -0.784. The first-order valence-corrected chi connectivity index (χ1v) is 10.7. The number of rotatable bonds is 8. The average Bonchev–Trinajstić information content (AvgIpc) is 3.14. The number of carbonyl (C=O) groups excluding carboxylic acids is 1. The molecule has 2 N–H and O–H groups in total. The van der Waals surface area contributed by atoms with Crippen molar-refractivity contribution in [1.82, 2.24) is 20.1 Å². The fourth-order valence-electron chi connectivity index (χ4n) is 2.90. The zero-order valence-electron chi connectivity index (χ0n) is 16.3. The lowest BCUT2D eigenvalue weighted by Crippen LogP contribution is -2.29. The van der Waals surface area contributed by atoms with Crippen molar-refractivity contribution in [3.63, 3.8) is 0 Å². The fourth-order valence-corrected chi connectivity index (χ4v) is 3.86. The van der Waals surface area contributed by atoms with Crippen molar-refractivity contribution >= 4 is 29.3 Å². The van der Waals surface area contributed by atoms with Gasteiger partial charge in [0.2, 0.25) is 5.91 Å². The minimum Gasteiger partial charge on any atom is -0.387 e. The minimum absolute atomic E-state index is 0.135. The van der Waals surface area contributed by atoms with E-state index in [1.165, 1.54) is 11.8 Å². The Labute approximate surface area is 179 Å². The Bertz CT molecular complexity index is 975. The number of hydrogen-bond acceptors (Lipinski definition) is 5. The summed E-state index contributed by atoms with van der Waals surface area (Å²) < 4.78 is 2.00. The minimum atomic E-state index is -0.784. The maximum absolute atomic E-state index is 12.2. The van der Waals surface area contributed by atoms with Gasteiger partial charge < -0.3 is 15.0 Å². The Balaban J connectivity index is 1.58. The molecule has 0 saturated carbocycles. The van der Waals surface area contributed by atoms with Crippen LogP contribution in [0.1, 0.15) is 24.2 Å². The molecule has 1 amide bonds. The number of benzene rings is 2. The highest BCUT2D eigenvalue weighted by Crippen LogP contribution is 2.26. The molecule has 1 aromatic heterocycles. The van der Waals surface area contributed by atoms with Crippen molar-refractivity contribution in [3.05, 3.63) is 64.7 Å². The number of carbonyl (C=O) groups is 1. The Hall–Kier alpha value is -2.35. The van der Waals surface area contributed by atoms with Gasteiger partial charge in [0.25, 0.3) is 0 Å². The molecular weight excluding hydrogens is 408 g/mol. The molecule has 152 valence electrons. The van der Waals surface area contributed by atoms with Crippen LogP contribution in [0.5, 0.6) is 0 Å². The maximum atomic E-state index is 12.2. The number of aliphatic hydroxyl groups is 1. The smallest absolute Gasteiger partial charge is 0.230 e. The number of thioether (sulfide) groups is 1. The molecule has 2 aromatic carbocycles. The predicted octanol–water partition coefficient (Wildman–Crippen LogP) is 3.87. The van der Waals surface area contributed by atoms with Gasteiger partial charge in [-0.2, -0.15) is 0 Å². The monoisotopic (exact) mass is 430 g/mol. The van der Waals surface area contributed by atoms with Crippen molar-refractivity contribution in [3.8, 4) is 11.4 Å². The van der Waals surface area contributed by atoms with Crippen LogP contribution in [-0.4, -0.2) is 38.1 Å². The molecule has 3 aromatic rings. The topological polar surface area (TPSA) is 80.0 Å². The number of amides is 1. The van der Waals surface area contributed by atoms with Gasteiger partial charge in [0, 0.05) is 23.7 Å². The van der Waals surface area contributed by atoms with Crippen LogP contribution in [0, 0.1) is 6.92 Å². The number of halogens is 1. The van der Waals surface area contributed by atoms with Crippen molar-refractivity contribution in [2.24, 2.45) is 0 Å². The normalized spacial score (nSPS) is 12.0. The molecule has 29 heavy (non-hydrogen) atoms. The first kappa shape index (κ1) is 21.4. The molecule has 0 bridgehead atoms. The van der Waals surface area contributed by atoms with Gasteiger partial charge in [0.1, 0.15) is 0 Å². The molecule has 6 nitrogen and oxygen atoms in total. The number of nitrogens with one attached hydrogen (secondary N) is 1. The number of hydrogen-bond donors (Lipinski definition) is 2. The highest BCUT2D eigenvalue weighted by atomic mass is 35.5. The second-order valence-electron chi connectivity index (χ2n) is 6.53. The van der Waals surface area contributed by atoms with Crippen LogP contribution < -0.4 is 5.32 Å². The molecule has 1 heterocycles. The first-order chi connectivity index (χ1) is 14.0. The highest BCUT2D eigenvalue weighted by Gasteiger charge is 2.16. The molecule has 0 spiro atoms. The summed E-state index contributed by atoms with van der Waals surface area (Å²) in [5, 5.41) is 22.8. The van der Waals surface area contributed by atoms with E-state index < -0.39 is 6.10 Å². The number of aryl methyl sites for hydroxylation is 1. The van der Waals surface area contributed by atoms with E-state index in [4.69, 9.17) is 11.6 Å². The molecule has 1 atom stereocenters. The lowest BCUT2D eigenvalue weighted by atomic mass is 10.1. The van der Waals surface area contributed by atoms with E-state index in [1.54, 1.807) is 24.3 Å². The van der Waals surface area contributed by atoms with Crippen LogP contribution in [0.3, 0.4) is 0 Å². The predicted molar refractivity (Wildman–Crippen MR) is 116 cm³/mol. The van der Waals surface area contributed by atoms with E-state index in [0.29, 0.717) is 22.3 Å². The number of aromatic nitrogens is 3. The summed E-state index contributed by atoms with van der Waals surface area (Å²) in [5.74, 6) is 0.817. The SMILES string of the molecule is CCn1c(SCC(=O)NCC(O)c2ccc(Cl)cc2)nnc1-c1ccccc1C. The van der Waals surface area contributed by atoms with Gasteiger partial charge in [-0.15, -0.1) is 10.2 Å². The second kappa shape index (κ2) is 9.91. The number of aliphatic hydroxyl groups excluding tert-OH is 1. The van der Waals surface area contributed by atoms with Gasteiger partial charge in [-0.3, -0.25) is 4.79 Å². The van der Waals surface area contributed by atoms with E-state index >= 15 is 0 Å². The van der Waals surface area contributed by atoms with E-state index in [9.17, 15) is 9.90 Å². The van der Waals surface area contributed by atoms with Crippen LogP contribution in [0.25, 0.3) is 11.4 Å². The third-order valence-electron chi connectivity index (χ3n) is 4.50. The summed E-state index contributed by atoms with van der Waals surface area (Å²) in [7, 11) is 0. The van der Waals surface area contributed by atoms with E-state index in [1.807, 2.05) is 42.7 Å². The number of nitrogens with zero attached hydrogens (tertiary/aromatic N) is 3. The van der Waals surface area contributed by atoms with Gasteiger partial charge in [-0.25, -0.2) is 0 Å². The van der Waals surface area contributed by atoms with Gasteiger partial charge in [-0.05, 0) is 37.1 Å². The van der Waals surface area contributed by atoms with Crippen molar-refractivity contribution < 1.29 is 9.90 Å². The molecule has 0 radical (unpaired) electrons. The van der Waals surface area contributed by atoms with Gasteiger partial charge in [-0.1, -0.05) is 59.8 Å². The average molecular weight is 431 g/mol. The molecular formula is C21H23ClN4O2S. The largest absolute Gasteiger partial charge is 0.387 e. The van der Waals surface area contributed by atoms with Crippen LogP contribution in [0.4, 0.5) is 0 Å². The summed E-state index contributed by atoms with van der Waals surface area (Å²) in [6.45, 7) is 4.90. The second-order valence-corrected chi connectivity index (χ2v) is 7.90. The van der Waals surface area contributed by atoms with E-state index in [-0.39, 0.29) is 18.2 Å². The maximum Gasteiger partial charge on any atom is 0.230 e. The molecule has 3 rings (SSSR count). The van der Waals surface area contributed by atoms with Crippen molar-refractivity contribution in [2.75, 3.05) is 12.3 Å². The summed E-state index contributed by atoms with van der Waals surface area (Å²) in [4.78, 5) is 12.2. The van der Waals surface area contributed by atoms with Gasteiger partial charge in [0.15, 0.2) is 11.0 Å². The molecule has 0 aliphatic heterocycles. The van der Waals surface area contributed by atoms with Crippen LogP contribution in [-0.2, 0) is 11.3 Å². The molecule has 8 heteroatoms. The zero-order valence-corrected chi connectivity index (χ0v) is 17.9. The Morgan fingerprint density at radius 2 is 1.93 bits per heavy atom. The van der Waals surface area contributed by atoms with Crippen LogP contribution in [0.15, 0.2) is 53.7 Å². The Morgan fingerprint density at radius 3 is 2.62 bits per heavy atom. The Morgan fingerprint density at radius 1 is 1.21 bits per heavy atom. The van der Waals surface area contributed by atoms with E-state index in [0.717, 1.165) is 17.0 Å². The van der Waals surface area contributed by atoms with Crippen LogP contribution >= 0.6 is 23.4 Å². The highest BCUT2D eigenvalue weighted by molar-refractivity contribution is 7.99. The van der Waals surface area contributed by atoms with Crippen molar-refractivity contribution in [2.45, 2.75) is 31.7 Å². The Kier molecular flexibility index (Phi) is 7.30. The molecule has 0 fully saturated rings. The third kappa shape index (κ3) is 5.38. The standard InChI is InChI=1S/C21H23ClN4O2S/c1-3-26-20(17-7-5-4-6-14(17)2)24-25-21(26)29-13-19(28)23-12-18(27)15-8-10-16(22)11-9-15/h4-11,18,27H,3,12-13H2,1-2H3,(H,23,28). The lowest BCUT2D eigenvalue weighted by Gasteiger charge is -2.12. The zero-order chi connectivity index (χ0) is 20.8.